The first kappa shape index (κ1) is 20.9. The van der Waals surface area contributed by atoms with Crippen LogP contribution in [0.5, 0.6) is 0 Å². The number of carbonyl (C=O) groups is 2. The Labute approximate surface area is 172 Å². The van der Waals surface area contributed by atoms with Gasteiger partial charge in [0.05, 0.1) is 24.6 Å². The van der Waals surface area contributed by atoms with E-state index in [1.165, 1.54) is 0 Å². The van der Waals surface area contributed by atoms with Crippen molar-refractivity contribution in [2.24, 2.45) is 0 Å². The summed E-state index contributed by atoms with van der Waals surface area (Å²) < 4.78 is 5.40. The molecule has 0 radical (unpaired) electrons. The molecule has 1 saturated heterocycles. The van der Waals surface area contributed by atoms with Gasteiger partial charge in [-0.15, -0.1) is 0 Å². The van der Waals surface area contributed by atoms with Gasteiger partial charge in [-0.05, 0) is 29.2 Å². The maximum Gasteiger partial charge on any atom is 0.233 e. The minimum Gasteiger partial charge on any atom is -0.378 e. The molecule has 0 unspecified atom stereocenters. The average Bonchev–Trinajstić information content (AvgIpc) is 2.68. The van der Waals surface area contributed by atoms with Crippen molar-refractivity contribution >= 4 is 28.9 Å². The summed E-state index contributed by atoms with van der Waals surface area (Å²) in [4.78, 5) is 27.2. The molecule has 6 heteroatoms. The highest BCUT2D eigenvalue weighted by Gasteiger charge is 2.20. The Morgan fingerprint density at radius 3 is 2.10 bits per heavy atom. The second kappa shape index (κ2) is 9.09. The van der Waals surface area contributed by atoms with Gasteiger partial charge in [0.15, 0.2) is 0 Å². The molecule has 0 bridgehead atoms. The van der Waals surface area contributed by atoms with Gasteiger partial charge in [0.1, 0.15) is 6.42 Å². The number of ether oxygens (including phenoxy) is 1. The smallest absolute Gasteiger partial charge is 0.233 e. The molecule has 154 valence electrons. The number of anilines is 3. The standard InChI is InChI=1S/C23H29N3O3/c1-23(2,3)17-8-4-5-9-18(17)24-21(27)16-22(28)25-19-10-6-7-11-20(19)26-12-14-29-15-13-26/h4-11H,12-16H2,1-3H3,(H,24,27)(H,25,28). The first-order chi connectivity index (χ1) is 13.8. The molecular formula is C23H29N3O3. The first-order valence-electron chi connectivity index (χ1n) is 9.95. The molecule has 6 nitrogen and oxygen atoms in total. The third kappa shape index (κ3) is 5.57. The monoisotopic (exact) mass is 395 g/mol. The van der Waals surface area contributed by atoms with Crippen LogP contribution in [0.15, 0.2) is 48.5 Å². The summed E-state index contributed by atoms with van der Waals surface area (Å²) in [5.41, 5.74) is 3.33. The quantitative estimate of drug-likeness (QED) is 0.756. The molecule has 29 heavy (non-hydrogen) atoms. The van der Waals surface area contributed by atoms with Gasteiger partial charge in [-0.1, -0.05) is 51.1 Å². The second-order valence-electron chi connectivity index (χ2n) is 8.19. The molecule has 1 heterocycles. The van der Waals surface area contributed by atoms with Gasteiger partial charge in [0, 0.05) is 18.8 Å². The zero-order chi connectivity index (χ0) is 20.9. The normalized spacial score (nSPS) is 14.4. The predicted octanol–water partition coefficient (Wildman–Crippen LogP) is 3.79. The topological polar surface area (TPSA) is 70.7 Å². The number of hydrogen-bond donors (Lipinski definition) is 2. The van der Waals surface area contributed by atoms with Crippen LogP contribution < -0.4 is 15.5 Å². The van der Waals surface area contributed by atoms with Crippen LogP contribution in [-0.4, -0.2) is 38.1 Å². The van der Waals surface area contributed by atoms with E-state index < -0.39 is 0 Å². The highest BCUT2D eigenvalue weighted by molar-refractivity contribution is 6.09. The van der Waals surface area contributed by atoms with Gasteiger partial charge in [0.25, 0.3) is 0 Å². The van der Waals surface area contributed by atoms with Crippen LogP contribution in [0.1, 0.15) is 32.8 Å². The molecular weight excluding hydrogens is 366 g/mol. The van der Waals surface area contributed by atoms with E-state index in [0.29, 0.717) is 18.9 Å². The zero-order valence-electron chi connectivity index (χ0n) is 17.3. The third-order valence-corrected chi connectivity index (χ3v) is 4.86. The lowest BCUT2D eigenvalue weighted by Gasteiger charge is -2.30. The number of amides is 2. The molecule has 2 aromatic carbocycles. The molecule has 1 aliphatic heterocycles. The molecule has 0 aromatic heterocycles. The summed E-state index contributed by atoms with van der Waals surface area (Å²) in [7, 11) is 0. The van der Waals surface area contributed by atoms with Gasteiger partial charge in [-0.3, -0.25) is 9.59 Å². The van der Waals surface area contributed by atoms with Crippen LogP contribution in [0.2, 0.25) is 0 Å². The van der Waals surface area contributed by atoms with Crippen molar-refractivity contribution in [3.05, 3.63) is 54.1 Å². The number of para-hydroxylation sites is 3. The number of nitrogens with one attached hydrogen (secondary N) is 2. The lowest BCUT2D eigenvalue weighted by molar-refractivity contribution is -0.123. The summed E-state index contributed by atoms with van der Waals surface area (Å²) >= 11 is 0. The van der Waals surface area contributed by atoms with Crippen molar-refractivity contribution in [2.45, 2.75) is 32.6 Å². The summed E-state index contributed by atoms with van der Waals surface area (Å²) in [6, 6.07) is 15.3. The SMILES string of the molecule is CC(C)(C)c1ccccc1NC(=O)CC(=O)Nc1ccccc1N1CCOCC1. The highest BCUT2D eigenvalue weighted by Crippen LogP contribution is 2.29. The van der Waals surface area contributed by atoms with E-state index in [0.717, 1.165) is 30.0 Å². The van der Waals surface area contributed by atoms with E-state index in [9.17, 15) is 9.59 Å². The summed E-state index contributed by atoms with van der Waals surface area (Å²) in [5.74, 6) is -0.667. The molecule has 0 spiro atoms. The molecule has 2 amide bonds. The van der Waals surface area contributed by atoms with E-state index in [-0.39, 0.29) is 23.7 Å². The van der Waals surface area contributed by atoms with Crippen LogP contribution >= 0.6 is 0 Å². The van der Waals surface area contributed by atoms with E-state index in [1.807, 2.05) is 48.5 Å². The van der Waals surface area contributed by atoms with Gasteiger partial charge >= 0.3 is 0 Å². The molecule has 2 N–H and O–H groups in total. The highest BCUT2D eigenvalue weighted by atomic mass is 16.5. The van der Waals surface area contributed by atoms with Crippen LogP contribution in [0.4, 0.5) is 17.1 Å². The Morgan fingerprint density at radius 2 is 1.45 bits per heavy atom. The van der Waals surface area contributed by atoms with E-state index >= 15 is 0 Å². The van der Waals surface area contributed by atoms with Crippen LogP contribution in [0.3, 0.4) is 0 Å². The van der Waals surface area contributed by atoms with Crippen molar-refractivity contribution in [1.29, 1.82) is 0 Å². The Balaban J connectivity index is 1.64. The summed E-state index contributed by atoms with van der Waals surface area (Å²) in [5, 5.41) is 5.77. The van der Waals surface area contributed by atoms with Gasteiger partial charge in [-0.25, -0.2) is 0 Å². The number of rotatable bonds is 5. The molecule has 2 aromatic rings. The van der Waals surface area contributed by atoms with Crippen molar-refractivity contribution in [3.63, 3.8) is 0 Å². The number of benzene rings is 2. The Morgan fingerprint density at radius 1 is 0.897 bits per heavy atom. The number of carbonyl (C=O) groups excluding carboxylic acids is 2. The van der Waals surface area contributed by atoms with Crippen molar-refractivity contribution in [2.75, 3.05) is 41.8 Å². The maximum atomic E-state index is 12.5. The van der Waals surface area contributed by atoms with Crippen molar-refractivity contribution < 1.29 is 14.3 Å². The minimum atomic E-state index is -0.337. The molecule has 3 rings (SSSR count). The molecule has 0 saturated carbocycles. The molecule has 1 fully saturated rings. The van der Waals surface area contributed by atoms with E-state index in [4.69, 9.17) is 4.74 Å². The number of hydrogen-bond acceptors (Lipinski definition) is 4. The van der Waals surface area contributed by atoms with Gasteiger partial charge < -0.3 is 20.3 Å². The van der Waals surface area contributed by atoms with Crippen LogP contribution in [0, 0.1) is 0 Å². The Bertz CT molecular complexity index is 868. The lowest BCUT2D eigenvalue weighted by Crippen LogP contribution is -2.36. The minimum absolute atomic E-state index is 0.108. The molecule has 0 atom stereocenters. The fourth-order valence-electron chi connectivity index (χ4n) is 3.44. The predicted molar refractivity (Wildman–Crippen MR) is 116 cm³/mol. The third-order valence-electron chi connectivity index (χ3n) is 4.86. The van der Waals surface area contributed by atoms with Crippen LogP contribution in [-0.2, 0) is 19.7 Å². The average molecular weight is 396 g/mol. The maximum absolute atomic E-state index is 12.5. The number of morpholine rings is 1. The first-order valence-corrected chi connectivity index (χ1v) is 9.95. The summed E-state index contributed by atoms with van der Waals surface area (Å²) in [6.07, 6.45) is -0.240. The Kier molecular flexibility index (Phi) is 6.54. The molecule has 0 aliphatic carbocycles. The molecule has 1 aliphatic rings. The van der Waals surface area contributed by atoms with Crippen molar-refractivity contribution in [1.82, 2.24) is 0 Å². The largest absolute Gasteiger partial charge is 0.378 e. The van der Waals surface area contributed by atoms with Crippen molar-refractivity contribution in [3.8, 4) is 0 Å². The van der Waals surface area contributed by atoms with E-state index in [2.05, 4.69) is 36.3 Å². The summed E-state index contributed by atoms with van der Waals surface area (Å²) in [6.45, 7) is 9.15. The van der Waals surface area contributed by atoms with E-state index in [1.54, 1.807) is 0 Å². The van der Waals surface area contributed by atoms with Gasteiger partial charge in [-0.2, -0.15) is 0 Å². The fourth-order valence-corrected chi connectivity index (χ4v) is 3.44. The zero-order valence-corrected chi connectivity index (χ0v) is 17.3. The lowest BCUT2D eigenvalue weighted by atomic mass is 9.86. The second-order valence-corrected chi connectivity index (χ2v) is 8.19. The Hall–Kier alpha value is -2.86. The van der Waals surface area contributed by atoms with Gasteiger partial charge in [0.2, 0.25) is 11.8 Å². The van der Waals surface area contributed by atoms with Crippen LogP contribution in [0.25, 0.3) is 0 Å². The fraction of sp³-hybridized carbons (Fsp3) is 0.391. The number of nitrogens with zero attached hydrogens (tertiary/aromatic N) is 1.